The first-order chi connectivity index (χ1) is 9.22. The number of methoxy groups -OCH3 is 1. The lowest BCUT2D eigenvalue weighted by molar-refractivity contribution is 0.279. The summed E-state index contributed by atoms with van der Waals surface area (Å²) >= 11 is 0. The number of rotatable bonds is 6. The molecule has 1 heterocycles. The van der Waals surface area contributed by atoms with Crippen molar-refractivity contribution in [2.24, 2.45) is 12.8 Å². The van der Waals surface area contributed by atoms with Gasteiger partial charge in [0.1, 0.15) is 6.61 Å². The molecule has 0 unspecified atom stereocenters. The second-order valence-corrected chi connectivity index (χ2v) is 4.29. The lowest BCUT2D eigenvalue weighted by atomic mass is 10.1. The van der Waals surface area contributed by atoms with Crippen LogP contribution in [0.2, 0.25) is 0 Å². The van der Waals surface area contributed by atoms with Crippen molar-refractivity contribution in [2.75, 3.05) is 13.7 Å². The number of nitrogens with zero attached hydrogens (tertiary/aromatic N) is 2. The van der Waals surface area contributed by atoms with E-state index in [9.17, 15) is 0 Å². The molecule has 2 aromatic rings. The molecule has 0 fully saturated rings. The third-order valence-corrected chi connectivity index (χ3v) is 2.81. The molecular formula is C14H19N3O2. The van der Waals surface area contributed by atoms with Crippen LogP contribution in [0.5, 0.6) is 11.5 Å². The molecule has 2 N–H and O–H groups in total. The standard InChI is InChI=1S/C14H19N3O2/c1-17-8-6-12(16-17)10-19-13-4-3-11(5-7-15)9-14(13)18-2/h3-4,6,8-9H,5,7,10,15H2,1-2H3. The number of aromatic nitrogens is 2. The summed E-state index contributed by atoms with van der Waals surface area (Å²) in [6.45, 7) is 1.05. The van der Waals surface area contributed by atoms with Gasteiger partial charge in [-0.05, 0) is 36.7 Å². The van der Waals surface area contributed by atoms with Gasteiger partial charge in [-0.3, -0.25) is 4.68 Å². The number of ether oxygens (including phenoxy) is 2. The normalized spacial score (nSPS) is 10.5. The first kappa shape index (κ1) is 13.4. The second-order valence-electron chi connectivity index (χ2n) is 4.29. The molecule has 0 saturated heterocycles. The molecule has 0 amide bonds. The lowest BCUT2D eigenvalue weighted by Crippen LogP contribution is -2.04. The molecule has 0 radical (unpaired) electrons. The van der Waals surface area contributed by atoms with E-state index in [1.165, 1.54) is 0 Å². The second kappa shape index (κ2) is 6.24. The Morgan fingerprint density at radius 3 is 2.74 bits per heavy atom. The molecule has 0 bridgehead atoms. The fourth-order valence-electron chi connectivity index (χ4n) is 1.85. The molecule has 5 nitrogen and oxygen atoms in total. The summed E-state index contributed by atoms with van der Waals surface area (Å²) in [5.74, 6) is 1.44. The summed E-state index contributed by atoms with van der Waals surface area (Å²) < 4.78 is 12.8. The van der Waals surface area contributed by atoms with Crippen LogP contribution in [0.1, 0.15) is 11.3 Å². The summed E-state index contributed by atoms with van der Waals surface area (Å²) in [6.07, 6.45) is 2.72. The van der Waals surface area contributed by atoms with Gasteiger partial charge in [-0.1, -0.05) is 6.07 Å². The lowest BCUT2D eigenvalue weighted by Gasteiger charge is -2.11. The monoisotopic (exact) mass is 261 g/mol. The van der Waals surface area contributed by atoms with E-state index >= 15 is 0 Å². The van der Waals surface area contributed by atoms with Gasteiger partial charge in [0.2, 0.25) is 0 Å². The summed E-state index contributed by atoms with van der Waals surface area (Å²) in [5.41, 5.74) is 7.57. The summed E-state index contributed by atoms with van der Waals surface area (Å²) in [6, 6.07) is 7.80. The Balaban J connectivity index is 2.06. The van der Waals surface area contributed by atoms with Gasteiger partial charge in [-0.15, -0.1) is 0 Å². The minimum atomic E-state index is 0.424. The minimum Gasteiger partial charge on any atom is -0.493 e. The van der Waals surface area contributed by atoms with Crippen LogP contribution in [0.4, 0.5) is 0 Å². The molecule has 0 aliphatic rings. The fraction of sp³-hybridized carbons (Fsp3) is 0.357. The first-order valence-corrected chi connectivity index (χ1v) is 6.21. The molecule has 0 spiro atoms. The Hall–Kier alpha value is -2.01. The van der Waals surface area contributed by atoms with Gasteiger partial charge in [-0.25, -0.2) is 0 Å². The van der Waals surface area contributed by atoms with Gasteiger partial charge in [0.05, 0.1) is 12.8 Å². The van der Waals surface area contributed by atoms with Crippen molar-refractivity contribution in [3.8, 4) is 11.5 Å². The highest BCUT2D eigenvalue weighted by Crippen LogP contribution is 2.28. The number of aryl methyl sites for hydroxylation is 1. The van der Waals surface area contributed by atoms with Crippen molar-refractivity contribution in [3.63, 3.8) is 0 Å². The van der Waals surface area contributed by atoms with E-state index in [4.69, 9.17) is 15.2 Å². The topological polar surface area (TPSA) is 62.3 Å². The summed E-state index contributed by atoms with van der Waals surface area (Å²) in [7, 11) is 3.51. The quantitative estimate of drug-likeness (QED) is 0.856. The molecule has 2 rings (SSSR count). The van der Waals surface area contributed by atoms with Crippen molar-refractivity contribution >= 4 is 0 Å². The van der Waals surface area contributed by atoms with E-state index in [1.807, 2.05) is 37.5 Å². The van der Waals surface area contributed by atoms with Crippen molar-refractivity contribution < 1.29 is 9.47 Å². The van der Waals surface area contributed by atoms with E-state index in [2.05, 4.69) is 5.10 Å². The molecular weight excluding hydrogens is 242 g/mol. The van der Waals surface area contributed by atoms with E-state index in [0.717, 1.165) is 23.4 Å². The van der Waals surface area contributed by atoms with Crippen molar-refractivity contribution in [3.05, 3.63) is 41.7 Å². The Kier molecular flexibility index (Phi) is 4.41. The Morgan fingerprint density at radius 1 is 1.26 bits per heavy atom. The van der Waals surface area contributed by atoms with Crippen molar-refractivity contribution in [1.82, 2.24) is 9.78 Å². The highest BCUT2D eigenvalue weighted by molar-refractivity contribution is 5.43. The molecule has 102 valence electrons. The highest BCUT2D eigenvalue weighted by Gasteiger charge is 2.07. The predicted octanol–water partition coefficient (Wildman–Crippen LogP) is 1.51. The predicted molar refractivity (Wildman–Crippen MR) is 73.3 cm³/mol. The average molecular weight is 261 g/mol. The Labute approximate surface area is 112 Å². The molecule has 0 aliphatic heterocycles. The highest BCUT2D eigenvalue weighted by atomic mass is 16.5. The third kappa shape index (κ3) is 3.48. The molecule has 0 atom stereocenters. The smallest absolute Gasteiger partial charge is 0.161 e. The molecule has 5 heteroatoms. The number of nitrogens with two attached hydrogens (primary N) is 1. The van der Waals surface area contributed by atoms with Gasteiger partial charge >= 0.3 is 0 Å². The molecule has 1 aromatic carbocycles. The molecule has 19 heavy (non-hydrogen) atoms. The maximum absolute atomic E-state index is 5.73. The van der Waals surface area contributed by atoms with Crippen LogP contribution in [0.25, 0.3) is 0 Å². The first-order valence-electron chi connectivity index (χ1n) is 6.21. The van der Waals surface area contributed by atoms with Gasteiger partial charge in [0.15, 0.2) is 11.5 Å². The van der Waals surface area contributed by atoms with E-state index in [0.29, 0.717) is 18.9 Å². The summed E-state index contributed by atoms with van der Waals surface area (Å²) in [5, 5.41) is 4.26. The Bertz CT molecular complexity index is 537. The fourth-order valence-corrected chi connectivity index (χ4v) is 1.85. The zero-order valence-corrected chi connectivity index (χ0v) is 11.3. The number of benzene rings is 1. The van der Waals surface area contributed by atoms with E-state index in [-0.39, 0.29) is 0 Å². The van der Waals surface area contributed by atoms with Crippen molar-refractivity contribution in [2.45, 2.75) is 13.0 Å². The van der Waals surface area contributed by atoms with Crippen LogP contribution in [0, 0.1) is 0 Å². The van der Waals surface area contributed by atoms with Gasteiger partial charge < -0.3 is 15.2 Å². The van der Waals surface area contributed by atoms with Crippen LogP contribution in [-0.2, 0) is 20.1 Å². The molecule has 1 aromatic heterocycles. The largest absolute Gasteiger partial charge is 0.493 e. The van der Waals surface area contributed by atoms with Crippen molar-refractivity contribution in [1.29, 1.82) is 0 Å². The minimum absolute atomic E-state index is 0.424. The zero-order chi connectivity index (χ0) is 13.7. The van der Waals surface area contributed by atoms with E-state index < -0.39 is 0 Å². The van der Waals surface area contributed by atoms with Gasteiger partial charge in [0.25, 0.3) is 0 Å². The van der Waals surface area contributed by atoms with Crippen LogP contribution < -0.4 is 15.2 Å². The van der Waals surface area contributed by atoms with E-state index in [1.54, 1.807) is 11.8 Å². The number of hydrogen-bond donors (Lipinski definition) is 1. The third-order valence-electron chi connectivity index (χ3n) is 2.81. The van der Waals surface area contributed by atoms with Crippen LogP contribution >= 0.6 is 0 Å². The summed E-state index contributed by atoms with van der Waals surface area (Å²) in [4.78, 5) is 0. The average Bonchev–Trinajstić information content (AvgIpc) is 2.83. The van der Waals surface area contributed by atoms with Gasteiger partial charge in [0, 0.05) is 13.2 Å². The van der Waals surface area contributed by atoms with Crippen LogP contribution in [-0.4, -0.2) is 23.4 Å². The maximum Gasteiger partial charge on any atom is 0.161 e. The van der Waals surface area contributed by atoms with Crippen LogP contribution in [0.15, 0.2) is 30.5 Å². The molecule has 0 aliphatic carbocycles. The number of hydrogen-bond acceptors (Lipinski definition) is 4. The zero-order valence-electron chi connectivity index (χ0n) is 11.3. The SMILES string of the molecule is COc1cc(CCN)ccc1OCc1ccn(C)n1. The maximum atomic E-state index is 5.73. The Morgan fingerprint density at radius 2 is 2.11 bits per heavy atom. The molecule has 0 saturated carbocycles. The van der Waals surface area contributed by atoms with Gasteiger partial charge in [-0.2, -0.15) is 5.10 Å². The van der Waals surface area contributed by atoms with Crippen LogP contribution in [0.3, 0.4) is 0 Å².